The number of piperidine rings is 1. The Balaban J connectivity index is 1.70. The molecule has 2 fully saturated rings. The summed E-state index contributed by atoms with van der Waals surface area (Å²) >= 11 is 0. The van der Waals surface area contributed by atoms with Crippen molar-refractivity contribution >= 4 is 5.91 Å². The predicted octanol–water partition coefficient (Wildman–Crippen LogP) is 1.88. The number of phenolic OH excluding ortho intramolecular Hbond substituents is 1. The predicted molar refractivity (Wildman–Crippen MR) is 77.3 cm³/mol. The molecule has 1 saturated carbocycles. The van der Waals surface area contributed by atoms with Gasteiger partial charge in [-0.25, -0.2) is 0 Å². The van der Waals surface area contributed by atoms with E-state index in [0.717, 1.165) is 44.3 Å². The van der Waals surface area contributed by atoms with E-state index in [9.17, 15) is 9.90 Å². The van der Waals surface area contributed by atoms with Crippen LogP contribution in [0.1, 0.15) is 31.2 Å². The zero-order chi connectivity index (χ0) is 13.9. The monoisotopic (exact) mass is 274 g/mol. The first-order chi connectivity index (χ1) is 9.74. The number of aromatic hydroxyl groups is 1. The van der Waals surface area contributed by atoms with Gasteiger partial charge in [-0.05, 0) is 56.5 Å². The molecule has 1 saturated heterocycles. The molecule has 0 atom stereocenters. The molecule has 0 unspecified atom stereocenters. The molecule has 0 radical (unpaired) electrons. The van der Waals surface area contributed by atoms with Gasteiger partial charge in [-0.3, -0.25) is 4.79 Å². The molecule has 1 heterocycles. The quantitative estimate of drug-likeness (QED) is 0.881. The van der Waals surface area contributed by atoms with Crippen LogP contribution in [-0.4, -0.2) is 35.0 Å². The molecule has 0 spiro atoms. The first kappa shape index (κ1) is 13.4. The van der Waals surface area contributed by atoms with E-state index in [1.54, 1.807) is 12.1 Å². The smallest absolute Gasteiger partial charge is 0.226 e. The molecule has 20 heavy (non-hydrogen) atoms. The van der Waals surface area contributed by atoms with Crippen molar-refractivity contribution in [1.82, 2.24) is 10.2 Å². The van der Waals surface area contributed by atoms with E-state index < -0.39 is 0 Å². The summed E-state index contributed by atoms with van der Waals surface area (Å²) in [4.78, 5) is 14.7. The second kappa shape index (κ2) is 5.83. The van der Waals surface area contributed by atoms with Crippen LogP contribution in [0.5, 0.6) is 5.75 Å². The SMILES string of the molecule is O=C(C1CCNCC1)N(Cc1cccc(O)c1)C1CC1. The minimum absolute atomic E-state index is 0.175. The lowest BCUT2D eigenvalue weighted by atomic mass is 9.96. The summed E-state index contributed by atoms with van der Waals surface area (Å²) < 4.78 is 0. The number of carbonyl (C=O) groups excluding carboxylic acids is 1. The van der Waals surface area contributed by atoms with E-state index in [0.29, 0.717) is 18.5 Å². The van der Waals surface area contributed by atoms with Gasteiger partial charge in [0.15, 0.2) is 0 Å². The number of nitrogens with zero attached hydrogens (tertiary/aromatic N) is 1. The summed E-state index contributed by atoms with van der Waals surface area (Å²) in [5.74, 6) is 0.749. The molecule has 4 heteroatoms. The van der Waals surface area contributed by atoms with Crippen molar-refractivity contribution in [2.75, 3.05) is 13.1 Å². The lowest BCUT2D eigenvalue weighted by molar-refractivity contribution is -0.137. The van der Waals surface area contributed by atoms with Crippen LogP contribution in [0.15, 0.2) is 24.3 Å². The molecule has 2 N–H and O–H groups in total. The van der Waals surface area contributed by atoms with E-state index in [2.05, 4.69) is 5.32 Å². The highest BCUT2D eigenvalue weighted by atomic mass is 16.3. The number of hydrogen-bond acceptors (Lipinski definition) is 3. The Labute approximate surface area is 119 Å². The molecular formula is C16H22N2O2. The van der Waals surface area contributed by atoms with Crippen molar-refractivity contribution in [2.24, 2.45) is 5.92 Å². The highest BCUT2D eigenvalue weighted by molar-refractivity contribution is 5.79. The Morgan fingerprint density at radius 3 is 2.65 bits per heavy atom. The van der Waals surface area contributed by atoms with Crippen molar-refractivity contribution in [3.63, 3.8) is 0 Å². The Hall–Kier alpha value is -1.55. The first-order valence-corrected chi connectivity index (χ1v) is 7.53. The summed E-state index contributed by atoms with van der Waals surface area (Å²) in [5, 5.41) is 12.9. The van der Waals surface area contributed by atoms with Crippen LogP contribution < -0.4 is 5.32 Å². The van der Waals surface area contributed by atoms with Gasteiger partial charge in [0, 0.05) is 18.5 Å². The zero-order valence-corrected chi connectivity index (χ0v) is 11.7. The fourth-order valence-electron chi connectivity index (χ4n) is 2.93. The molecule has 4 nitrogen and oxygen atoms in total. The van der Waals surface area contributed by atoms with Crippen molar-refractivity contribution in [2.45, 2.75) is 38.3 Å². The standard InChI is InChI=1S/C16H22N2O2/c19-15-3-1-2-12(10-15)11-18(14-4-5-14)16(20)13-6-8-17-9-7-13/h1-3,10,13-14,17,19H,4-9,11H2. The Kier molecular flexibility index (Phi) is 3.92. The maximum atomic E-state index is 12.7. The largest absolute Gasteiger partial charge is 0.508 e. The number of amides is 1. The molecule has 1 aromatic rings. The normalized spacial score (nSPS) is 19.8. The van der Waals surface area contributed by atoms with Gasteiger partial charge in [-0.2, -0.15) is 0 Å². The molecule has 1 aromatic carbocycles. The molecular weight excluding hydrogens is 252 g/mol. The zero-order valence-electron chi connectivity index (χ0n) is 11.7. The number of benzene rings is 1. The number of rotatable bonds is 4. The molecule has 2 aliphatic rings. The van der Waals surface area contributed by atoms with Gasteiger partial charge >= 0.3 is 0 Å². The third-order valence-electron chi connectivity index (χ3n) is 4.22. The maximum Gasteiger partial charge on any atom is 0.226 e. The van der Waals surface area contributed by atoms with Gasteiger partial charge in [-0.15, -0.1) is 0 Å². The van der Waals surface area contributed by atoms with Crippen LogP contribution in [0.25, 0.3) is 0 Å². The number of hydrogen-bond donors (Lipinski definition) is 2. The summed E-state index contributed by atoms with van der Waals surface area (Å²) in [6.45, 7) is 2.52. The number of phenols is 1. The van der Waals surface area contributed by atoms with Crippen LogP contribution in [0.2, 0.25) is 0 Å². The van der Waals surface area contributed by atoms with Gasteiger partial charge in [0.25, 0.3) is 0 Å². The van der Waals surface area contributed by atoms with E-state index >= 15 is 0 Å². The fourth-order valence-corrected chi connectivity index (χ4v) is 2.93. The molecule has 3 rings (SSSR count). The third kappa shape index (κ3) is 3.12. The third-order valence-corrected chi connectivity index (χ3v) is 4.22. The molecule has 0 aromatic heterocycles. The maximum absolute atomic E-state index is 12.7. The second-order valence-electron chi connectivity index (χ2n) is 5.89. The van der Waals surface area contributed by atoms with Crippen LogP contribution in [0, 0.1) is 5.92 Å². The molecule has 1 amide bonds. The van der Waals surface area contributed by atoms with Gasteiger partial charge in [0.1, 0.15) is 5.75 Å². The molecule has 1 aliphatic carbocycles. The van der Waals surface area contributed by atoms with E-state index in [4.69, 9.17) is 0 Å². The topological polar surface area (TPSA) is 52.6 Å². The average Bonchev–Trinajstić information content (AvgIpc) is 3.30. The lowest BCUT2D eigenvalue weighted by Crippen LogP contribution is -2.41. The number of carbonyl (C=O) groups is 1. The first-order valence-electron chi connectivity index (χ1n) is 7.53. The van der Waals surface area contributed by atoms with Gasteiger partial charge in [0.2, 0.25) is 5.91 Å². The Morgan fingerprint density at radius 1 is 1.25 bits per heavy atom. The summed E-state index contributed by atoms with van der Waals surface area (Å²) in [6.07, 6.45) is 4.13. The second-order valence-corrected chi connectivity index (χ2v) is 5.89. The van der Waals surface area contributed by atoms with E-state index in [-0.39, 0.29) is 11.7 Å². The van der Waals surface area contributed by atoms with Crippen LogP contribution in [0.4, 0.5) is 0 Å². The highest BCUT2D eigenvalue weighted by Crippen LogP contribution is 2.31. The summed E-state index contributed by atoms with van der Waals surface area (Å²) in [6, 6.07) is 7.65. The van der Waals surface area contributed by atoms with Crippen molar-refractivity contribution in [3.8, 4) is 5.75 Å². The van der Waals surface area contributed by atoms with Crippen molar-refractivity contribution in [3.05, 3.63) is 29.8 Å². The van der Waals surface area contributed by atoms with Gasteiger partial charge in [0.05, 0.1) is 0 Å². The van der Waals surface area contributed by atoms with E-state index in [1.807, 2.05) is 17.0 Å². The van der Waals surface area contributed by atoms with Gasteiger partial charge < -0.3 is 15.3 Å². The van der Waals surface area contributed by atoms with Crippen LogP contribution >= 0.6 is 0 Å². The Bertz CT molecular complexity index is 479. The Morgan fingerprint density at radius 2 is 2.00 bits per heavy atom. The van der Waals surface area contributed by atoms with Crippen molar-refractivity contribution < 1.29 is 9.90 Å². The van der Waals surface area contributed by atoms with Gasteiger partial charge in [-0.1, -0.05) is 12.1 Å². The molecule has 0 bridgehead atoms. The lowest BCUT2D eigenvalue weighted by Gasteiger charge is -2.30. The van der Waals surface area contributed by atoms with Crippen LogP contribution in [-0.2, 0) is 11.3 Å². The average molecular weight is 274 g/mol. The minimum atomic E-state index is 0.175. The summed E-state index contributed by atoms with van der Waals surface area (Å²) in [5.41, 5.74) is 1.01. The molecule has 108 valence electrons. The van der Waals surface area contributed by atoms with E-state index in [1.165, 1.54) is 0 Å². The fraction of sp³-hybridized carbons (Fsp3) is 0.562. The van der Waals surface area contributed by atoms with Crippen LogP contribution in [0.3, 0.4) is 0 Å². The van der Waals surface area contributed by atoms with Crippen molar-refractivity contribution in [1.29, 1.82) is 0 Å². The molecule has 1 aliphatic heterocycles. The summed E-state index contributed by atoms with van der Waals surface area (Å²) in [7, 11) is 0. The highest BCUT2D eigenvalue weighted by Gasteiger charge is 2.36. The minimum Gasteiger partial charge on any atom is -0.508 e. The number of nitrogens with one attached hydrogen (secondary N) is 1.